The average molecular weight is 335 g/mol. The Morgan fingerprint density at radius 1 is 1.00 bits per heavy atom. The van der Waals surface area contributed by atoms with Gasteiger partial charge < -0.3 is 4.90 Å². The fraction of sp³-hybridized carbons (Fsp3) is 0.100. The van der Waals surface area contributed by atoms with Gasteiger partial charge in [-0.05, 0) is 53.4 Å². The largest absolute Gasteiger partial charge is 0.306 e. The van der Waals surface area contributed by atoms with Gasteiger partial charge >= 0.3 is 0 Å². The molecule has 3 nitrogen and oxygen atoms in total. The molecule has 4 heteroatoms. The molecular weight excluding hydrogens is 320 g/mol. The standard InChI is InChI=1S/C20H15ClN2O/c21-17-6-3-5-15(12-17)16-8-10-22-18(13-16)20(24)23-11-9-14-4-1-2-7-19(14)23/h1-8,10,12-13H,9,11H2. The van der Waals surface area contributed by atoms with Gasteiger partial charge in [-0.2, -0.15) is 0 Å². The van der Waals surface area contributed by atoms with Gasteiger partial charge in [0.25, 0.3) is 5.91 Å². The van der Waals surface area contributed by atoms with Crippen molar-refractivity contribution >= 4 is 23.2 Å². The molecule has 0 spiro atoms. The Labute approximate surface area is 145 Å². The molecule has 0 atom stereocenters. The molecule has 1 aromatic heterocycles. The Kier molecular flexibility index (Phi) is 3.79. The monoisotopic (exact) mass is 334 g/mol. The van der Waals surface area contributed by atoms with Gasteiger partial charge in [-0.1, -0.05) is 41.9 Å². The van der Waals surface area contributed by atoms with Crippen molar-refractivity contribution in [2.75, 3.05) is 11.4 Å². The molecule has 0 bridgehead atoms. The number of fused-ring (bicyclic) bond motifs is 1. The fourth-order valence-electron chi connectivity index (χ4n) is 3.08. The molecular formula is C20H15ClN2O. The first kappa shape index (κ1) is 14.9. The molecule has 0 fully saturated rings. The van der Waals surface area contributed by atoms with Crippen molar-refractivity contribution in [3.63, 3.8) is 0 Å². The Hall–Kier alpha value is -2.65. The van der Waals surface area contributed by atoms with Crippen molar-refractivity contribution in [3.8, 4) is 11.1 Å². The summed E-state index contributed by atoms with van der Waals surface area (Å²) in [5.74, 6) is -0.0659. The minimum Gasteiger partial charge on any atom is -0.306 e. The summed E-state index contributed by atoms with van der Waals surface area (Å²) in [5, 5.41) is 0.672. The van der Waals surface area contributed by atoms with Gasteiger partial charge in [0.05, 0.1) is 0 Å². The van der Waals surface area contributed by atoms with Crippen LogP contribution in [-0.2, 0) is 6.42 Å². The quantitative estimate of drug-likeness (QED) is 0.686. The molecule has 4 rings (SSSR count). The maximum Gasteiger partial charge on any atom is 0.276 e. The third-order valence-electron chi connectivity index (χ3n) is 4.27. The lowest BCUT2D eigenvalue weighted by molar-refractivity contribution is 0.0984. The molecule has 0 aliphatic carbocycles. The number of hydrogen-bond donors (Lipinski definition) is 0. The number of aromatic nitrogens is 1. The Morgan fingerprint density at radius 2 is 1.83 bits per heavy atom. The van der Waals surface area contributed by atoms with E-state index in [1.54, 1.807) is 11.1 Å². The number of pyridine rings is 1. The van der Waals surface area contributed by atoms with Crippen LogP contribution in [0.5, 0.6) is 0 Å². The minimum absolute atomic E-state index is 0.0659. The van der Waals surface area contributed by atoms with E-state index in [1.807, 2.05) is 54.6 Å². The van der Waals surface area contributed by atoms with Crippen molar-refractivity contribution < 1.29 is 4.79 Å². The summed E-state index contributed by atoms with van der Waals surface area (Å²) >= 11 is 6.07. The molecule has 0 N–H and O–H groups in total. The number of amides is 1. The molecule has 0 saturated carbocycles. The van der Waals surface area contributed by atoms with E-state index >= 15 is 0 Å². The molecule has 2 heterocycles. The second-order valence-corrected chi connectivity index (χ2v) is 6.21. The van der Waals surface area contributed by atoms with E-state index in [4.69, 9.17) is 11.6 Å². The number of benzene rings is 2. The molecule has 1 aliphatic heterocycles. The molecule has 0 saturated heterocycles. The van der Waals surface area contributed by atoms with Crippen LogP contribution in [0.1, 0.15) is 16.1 Å². The van der Waals surface area contributed by atoms with Gasteiger partial charge in [0, 0.05) is 23.5 Å². The first-order valence-electron chi connectivity index (χ1n) is 7.84. The van der Waals surface area contributed by atoms with Gasteiger partial charge in [0.2, 0.25) is 0 Å². The van der Waals surface area contributed by atoms with Gasteiger partial charge in [0.1, 0.15) is 5.69 Å². The summed E-state index contributed by atoms with van der Waals surface area (Å²) in [4.78, 5) is 19.0. The second kappa shape index (κ2) is 6.10. The highest BCUT2D eigenvalue weighted by Crippen LogP contribution is 2.29. The number of hydrogen-bond acceptors (Lipinski definition) is 2. The summed E-state index contributed by atoms with van der Waals surface area (Å²) in [5.41, 5.74) is 4.54. The summed E-state index contributed by atoms with van der Waals surface area (Å²) in [6, 6.07) is 19.3. The zero-order valence-electron chi connectivity index (χ0n) is 12.9. The molecule has 0 radical (unpaired) electrons. The molecule has 1 aliphatic rings. The number of para-hydroxylation sites is 1. The second-order valence-electron chi connectivity index (χ2n) is 5.78. The van der Waals surface area contributed by atoms with Crippen molar-refractivity contribution in [2.24, 2.45) is 0 Å². The smallest absolute Gasteiger partial charge is 0.276 e. The van der Waals surface area contributed by atoms with Gasteiger partial charge in [0.15, 0.2) is 0 Å². The van der Waals surface area contributed by atoms with E-state index in [2.05, 4.69) is 11.1 Å². The highest BCUT2D eigenvalue weighted by Gasteiger charge is 2.26. The highest BCUT2D eigenvalue weighted by molar-refractivity contribution is 6.30. The van der Waals surface area contributed by atoms with E-state index in [9.17, 15) is 4.79 Å². The zero-order valence-corrected chi connectivity index (χ0v) is 13.7. The summed E-state index contributed by atoms with van der Waals surface area (Å²) in [6.45, 7) is 0.696. The molecule has 1 amide bonds. The van der Waals surface area contributed by atoms with Crippen LogP contribution in [0.3, 0.4) is 0 Å². The molecule has 2 aromatic carbocycles. The lowest BCUT2D eigenvalue weighted by Crippen LogP contribution is -2.29. The summed E-state index contributed by atoms with van der Waals surface area (Å²) in [6.07, 6.45) is 2.56. The number of carbonyl (C=O) groups excluding carboxylic acids is 1. The van der Waals surface area contributed by atoms with Crippen molar-refractivity contribution in [1.29, 1.82) is 0 Å². The topological polar surface area (TPSA) is 33.2 Å². The maximum atomic E-state index is 12.9. The van der Waals surface area contributed by atoms with Crippen LogP contribution in [0.2, 0.25) is 5.02 Å². The van der Waals surface area contributed by atoms with E-state index in [-0.39, 0.29) is 5.91 Å². The predicted molar refractivity (Wildman–Crippen MR) is 96.5 cm³/mol. The van der Waals surface area contributed by atoms with Crippen molar-refractivity contribution in [1.82, 2.24) is 4.98 Å². The zero-order chi connectivity index (χ0) is 16.5. The van der Waals surface area contributed by atoms with Crippen molar-refractivity contribution in [2.45, 2.75) is 6.42 Å². The number of rotatable bonds is 2. The number of anilines is 1. The Balaban J connectivity index is 1.68. The third kappa shape index (κ3) is 2.68. The van der Waals surface area contributed by atoms with Crippen LogP contribution >= 0.6 is 11.6 Å². The average Bonchev–Trinajstić information content (AvgIpc) is 3.05. The van der Waals surface area contributed by atoms with Crippen LogP contribution in [0.15, 0.2) is 66.9 Å². The van der Waals surface area contributed by atoms with E-state index in [1.165, 1.54) is 5.56 Å². The van der Waals surface area contributed by atoms with E-state index in [0.29, 0.717) is 17.3 Å². The summed E-state index contributed by atoms with van der Waals surface area (Å²) in [7, 11) is 0. The van der Waals surface area contributed by atoms with Crippen molar-refractivity contribution in [3.05, 3.63) is 83.1 Å². The van der Waals surface area contributed by atoms with Crippen LogP contribution in [-0.4, -0.2) is 17.4 Å². The van der Waals surface area contributed by atoms with Crippen LogP contribution in [0.25, 0.3) is 11.1 Å². The minimum atomic E-state index is -0.0659. The third-order valence-corrected chi connectivity index (χ3v) is 4.50. The Bertz CT molecular complexity index is 923. The summed E-state index contributed by atoms with van der Waals surface area (Å²) < 4.78 is 0. The number of nitrogens with zero attached hydrogens (tertiary/aromatic N) is 2. The first-order valence-corrected chi connectivity index (χ1v) is 8.22. The van der Waals surface area contributed by atoms with Gasteiger partial charge in [-0.15, -0.1) is 0 Å². The lowest BCUT2D eigenvalue weighted by atomic mass is 10.1. The van der Waals surface area contributed by atoms with Gasteiger partial charge in [-0.25, -0.2) is 0 Å². The number of halogens is 1. The van der Waals surface area contributed by atoms with E-state index in [0.717, 1.165) is 23.2 Å². The normalized spacial score (nSPS) is 13.0. The van der Waals surface area contributed by atoms with Crippen LogP contribution in [0, 0.1) is 0 Å². The van der Waals surface area contributed by atoms with Gasteiger partial charge in [-0.3, -0.25) is 9.78 Å². The molecule has 118 valence electrons. The first-order chi connectivity index (χ1) is 11.7. The van der Waals surface area contributed by atoms with Crippen LogP contribution < -0.4 is 4.90 Å². The predicted octanol–water partition coefficient (Wildman–Crippen LogP) is 4.60. The SMILES string of the molecule is O=C(c1cc(-c2cccc(Cl)c2)ccn1)N1CCc2ccccc21. The molecule has 24 heavy (non-hydrogen) atoms. The maximum absolute atomic E-state index is 12.9. The lowest BCUT2D eigenvalue weighted by Gasteiger charge is -2.17. The number of carbonyl (C=O) groups is 1. The van der Waals surface area contributed by atoms with E-state index < -0.39 is 0 Å². The highest BCUT2D eigenvalue weighted by atomic mass is 35.5. The fourth-order valence-corrected chi connectivity index (χ4v) is 3.27. The molecule has 3 aromatic rings. The van der Waals surface area contributed by atoms with Crippen LogP contribution in [0.4, 0.5) is 5.69 Å². The Morgan fingerprint density at radius 3 is 2.71 bits per heavy atom. The molecule has 0 unspecified atom stereocenters.